The first-order valence-corrected chi connectivity index (χ1v) is 7.41. The Balaban J connectivity index is 2.05. The van der Waals surface area contributed by atoms with Crippen LogP contribution in [0.15, 0.2) is 0 Å². The summed E-state index contributed by atoms with van der Waals surface area (Å²) in [6, 6.07) is 0.391. The van der Waals surface area contributed by atoms with E-state index in [0.717, 1.165) is 38.8 Å². The van der Waals surface area contributed by atoms with Crippen LogP contribution in [0.1, 0.15) is 46.5 Å². The first kappa shape index (κ1) is 12.5. The molecule has 2 saturated heterocycles. The van der Waals surface area contributed by atoms with Crippen molar-refractivity contribution in [2.75, 3.05) is 13.2 Å². The average Bonchev–Trinajstić information content (AvgIpc) is 2.85. The van der Waals surface area contributed by atoms with Crippen molar-refractivity contribution in [1.29, 1.82) is 0 Å². The van der Waals surface area contributed by atoms with Crippen molar-refractivity contribution in [1.82, 2.24) is 4.31 Å². The van der Waals surface area contributed by atoms with E-state index >= 15 is 0 Å². The van der Waals surface area contributed by atoms with Gasteiger partial charge in [-0.1, -0.05) is 0 Å². The van der Waals surface area contributed by atoms with Crippen molar-refractivity contribution in [3.63, 3.8) is 0 Å². The first-order valence-electron chi connectivity index (χ1n) is 6.30. The standard InChI is InChI=1S/C12H23NO2S/c1-12(2,3)16(14)13-8-4-6-10(13)11-7-5-9-15-11/h10-11H,4-9H2,1-3H3/t10-,11+,16+/m1/s1. The maximum Gasteiger partial charge on any atom is 0.100 e. The van der Waals surface area contributed by atoms with Crippen LogP contribution in [0.3, 0.4) is 0 Å². The van der Waals surface area contributed by atoms with E-state index in [4.69, 9.17) is 4.74 Å². The lowest BCUT2D eigenvalue weighted by Gasteiger charge is -2.32. The first-order chi connectivity index (χ1) is 7.50. The predicted octanol–water partition coefficient (Wildman–Crippen LogP) is 2.09. The summed E-state index contributed by atoms with van der Waals surface area (Å²) in [5, 5.41) is 0. The molecule has 0 aromatic heterocycles. The molecule has 2 heterocycles. The van der Waals surface area contributed by atoms with Gasteiger partial charge in [-0.25, -0.2) is 8.51 Å². The van der Waals surface area contributed by atoms with Gasteiger partial charge in [0.05, 0.1) is 10.9 Å². The van der Waals surface area contributed by atoms with Gasteiger partial charge in [-0.15, -0.1) is 0 Å². The molecular formula is C12H23NO2S. The van der Waals surface area contributed by atoms with Gasteiger partial charge in [0, 0.05) is 19.2 Å². The van der Waals surface area contributed by atoms with Gasteiger partial charge in [0.2, 0.25) is 0 Å². The second kappa shape index (κ2) is 4.75. The van der Waals surface area contributed by atoms with Crippen LogP contribution >= 0.6 is 0 Å². The van der Waals surface area contributed by atoms with Crippen LogP contribution in [-0.2, 0) is 15.7 Å². The monoisotopic (exact) mass is 245 g/mol. The van der Waals surface area contributed by atoms with Crippen molar-refractivity contribution in [3.8, 4) is 0 Å². The van der Waals surface area contributed by atoms with E-state index in [1.807, 2.05) is 20.8 Å². The fraction of sp³-hybridized carbons (Fsp3) is 1.00. The topological polar surface area (TPSA) is 29.5 Å². The molecule has 0 aromatic carbocycles. The second-order valence-corrected chi connectivity index (χ2v) is 7.96. The molecule has 0 radical (unpaired) electrons. The van der Waals surface area contributed by atoms with Gasteiger partial charge < -0.3 is 4.74 Å². The summed E-state index contributed by atoms with van der Waals surface area (Å²) in [5.41, 5.74) is 0. The van der Waals surface area contributed by atoms with E-state index < -0.39 is 11.0 Å². The summed E-state index contributed by atoms with van der Waals surface area (Å²) in [6.07, 6.45) is 4.94. The number of ether oxygens (including phenoxy) is 1. The van der Waals surface area contributed by atoms with Crippen molar-refractivity contribution in [3.05, 3.63) is 0 Å². The van der Waals surface area contributed by atoms with Crippen molar-refractivity contribution in [2.24, 2.45) is 0 Å². The Morgan fingerprint density at radius 2 is 2.00 bits per heavy atom. The van der Waals surface area contributed by atoms with E-state index in [0.29, 0.717) is 12.1 Å². The minimum atomic E-state index is -0.885. The molecule has 0 N–H and O–H groups in total. The predicted molar refractivity (Wildman–Crippen MR) is 66.6 cm³/mol. The third-order valence-electron chi connectivity index (χ3n) is 3.38. The molecule has 0 spiro atoms. The number of rotatable bonds is 2. The minimum Gasteiger partial charge on any atom is -0.377 e. The van der Waals surface area contributed by atoms with E-state index in [1.54, 1.807) is 0 Å². The maximum absolute atomic E-state index is 12.4. The van der Waals surface area contributed by atoms with Crippen LogP contribution < -0.4 is 0 Å². The van der Waals surface area contributed by atoms with Crippen LogP contribution in [-0.4, -0.2) is 38.6 Å². The van der Waals surface area contributed by atoms with Crippen molar-refractivity contribution < 1.29 is 8.95 Å². The molecule has 3 nitrogen and oxygen atoms in total. The highest BCUT2D eigenvalue weighted by Crippen LogP contribution is 2.31. The molecule has 0 saturated carbocycles. The molecule has 0 amide bonds. The molecule has 4 heteroatoms. The fourth-order valence-corrected chi connectivity index (χ4v) is 4.09. The number of hydrogen-bond acceptors (Lipinski definition) is 2. The van der Waals surface area contributed by atoms with E-state index in [9.17, 15) is 4.21 Å². The van der Waals surface area contributed by atoms with Gasteiger partial charge >= 0.3 is 0 Å². The Morgan fingerprint density at radius 3 is 2.56 bits per heavy atom. The van der Waals surface area contributed by atoms with Crippen LogP contribution in [0.4, 0.5) is 0 Å². The average molecular weight is 245 g/mol. The van der Waals surface area contributed by atoms with Gasteiger partial charge in [-0.05, 0) is 46.5 Å². The Hall–Kier alpha value is 0.0700. The van der Waals surface area contributed by atoms with Gasteiger partial charge in [0.15, 0.2) is 0 Å². The van der Waals surface area contributed by atoms with Crippen LogP contribution in [0, 0.1) is 0 Å². The zero-order valence-corrected chi connectivity index (χ0v) is 11.4. The molecule has 94 valence electrons. The number of hydrogen-bond donors (Lipinski definition) is 0. The number of nitrogens with zero attached hydrogens (tertiary/aromatic N) is 1. The normalized spacial score (nSPS) is 34.4. The third kappa shape index (κ3) is 2.49. The Labute approximate surface area is 101 Å². The smallest absolute Gasteiger partial charge is 0.100 e. The van der Waals surface area contributed by atoms with Crippen molar-refractivity contribution >= 4 is 11.0 Å². The van der Waals surface area contributed by atoms with Gasteiger partial charge in [-0.3, -0.25) is 0 Å². The van der Waals surface area contributed by atoms with E-state index in [1.165, 1.54) is 0 Å². The molecule has 3 atom stereocenters. The zero-order valence-electron chi connectivity index (χ0n) is 10.6. The summed E-state index contributed by atoms with van der Waals surface area (Å²) in [6.45, 7) is 8.00. The van der Waals surface area contributed by atoms with Crippen molar-refractivity contribution in [2.45, 2.75) is 63.3 Å². The summed E-state index contributed by atoms with van der Waals surface area (Å²) >= 11 is 0. The molecule has 2 rings (SSSR count). The molecule has 16 heavy (non-hydrogen) atoms. The SMILES string of the molecule is CC(C)(C)[S@](=O)N1CCC[C@@H]1[C@@H]1CCCO1. The fourth-order valence-electron chi connectivity index (χ4n) is 2.60. The molecule has 2 aliphatic rings. The Morgan fingerprint density at radius 1 is 1.25 bits per heavy atom. The molecule has 0 unspecified atom stereocenters. The van der Waals surface area contributed by atoms with E-state index in [-0.39, 0.29) is 4.75 Å². The van der Waals surface area contributed by atoms with Crippen LogP contribution in [0.25, 0.3) is 0 Å². The zero-order chi connectivity index (χ0) is 11.8. The quantitative estimate of drug-likeness (QED) is 0.745. The highest BCUT2D eigenvalue weighted by Gasteiger charge is 2.40. The third-order valence-corrected chi connectivity index (χ3v) is 5.31. The maximum atomic E-state index is 12.4. The van der Waals surface area contributed by atoms with Gasteiger partial charge in [0.25, 0.3) is 0 Å². The largest absolute Gasteiger partial charge is 0.377 e. The summed E-state index contributed by atoms with van der Waals surface area (Å²) in [7, 11) is -0.885. The minimum absolute atomic E-state index is 0.152. The lowest BCUT2D eigenvalue weighted by atomic mass is 10.1. The molecule has 0 aliphatic carbocycles. The molecule has 2 aliphatic heterocycles. The second-order valence-electron chi connectivity index (χ2n) is 5.76. The summed E-state index contributed by atoms with van der Waals surface area (Å²) in [4.78, 5) is 0. The lowest BCUT2D eigenvalue weighted by Crippen LogP contribution is -2.45. The molecule has 0 aromatic rings. The highest BCUT2D eigenvalue weighted by molar-refractivity contribution is 7.84. The van der Waals surface area contributed by atoms with Crippen LogP contribution in [0.5, 0.6) is 0 Å². The van der Waals surface area contributed by atoms with E-state index in [2.05, 4.69) is 4.31 Å². The van der Waals surface area contributed by atoms with Crippen LogP contribution in [0.2, 0.25) is 0 Å². The Kier molecular flexibility index (Phi) is 3.72. The molecular weight excluding hydrogens is 222 g/mol. The van der Waals surface area contributed by atoms with Gasteiger partial charge in [-0.2, -0.15) is 0 Å². The Bertz CT molecular complexity index is 269. The van der Waals surface area contributed by atoms with Gasteiger partial charge in [0.1, 0.15) is 11.0 Å². The molecule has 0 bridgehead atoms. The lowest BCUT2D eigenvalue weighted by molar-refractivity contribution is 0.0654. The summed E-state index contributed by atoms with van der Waals surface area (Å²) in [5.74, 6) is 0. The highest BCUT2D eigenvalue weighted by atomic mass is 32.2. The summed E-state index contributed by atoms with van der Waals surface area (Å²) < 4.78 is 20.2. The molecule has 2 fully saturated rings.